The van der Waals surface area contributed by atoms with Gasteiger partial charge in [-0.15, -0.1) is 0 Å². The van der Waals surface area contributed by atoms with Crippen LogP contribution in [0.15, 0.2) is 42.5 Å². The fourth-order valence-electron chi connectivity index (χ4n) is 1.75. The van der Waals surface area contributed by atoms with E-state index in [0.29, 0.717) is 11.3 Å². The summed E-state index contributed by atoms with van der Waals surface area (Å²) in [6.07, 6.45) is 0. The van der Waals surface area contributed by atoms with Gasteiger partial charge in [0.25, 0.3) is 0 Å². The highest BCUT2D eigenvalue weighted by Crippen LogP contribution is 2.25. The summed E-state index contributed by atoms with van der Waals surface area (Å²) >= 11 is 0. The molecule has 4 nitrogen and oxygen atoms in total. The fraction of sp³-hybridized carbons (Fsp3) is 0.133. The number of ether oxygens (including phenoxy) is 1. The van der Waals surface area contributed by atoms with Crippen molar-refractivity contribution in [2.24, 2.45) is 0 Å². The molecule has 0 aliphatic rings. The van der Waals surface area contributed by atoms with Crippen molar-refractivity contribution in [3.63, 3.8) is 0 Å². The van der Waals surface area contributed by atoms with Crippen LogP contribution >= 0.6 is 0 Å². The number of rotatable bonds is 4. The van der Waals surface area contributed by atoms with Gasteiger partial charge < -0.3 is 14.9 Å². The van der Waals surface area contributed by atoms with Crippen LogP contribution in [-0.2, 0) is 6.61 Å². The molecule has 98 valence electrons. The second-order valence-corrected chi connectivity index (χ2v) is 4.22. The lowest BCUT2D eigenvalue weighted by molar-refractivity contribution is 0.0694. The Balaban J connectivity index is 2.20. The Hall–Kier alpha value is -2.49. The number of carboxylic acid groups (broad SMARTS) is 1. The SMILES string of the molecule is Cc1ccc(COc2ccccc2O)c(C(=O)O)c1. The number of aryl methyl sites for hydroxylation is 1. The first-order valence-corrected chi connectivity index (χ1v) is 5.81. The topological polar surface area (TPSA) is 66.8 Å². The molecule has 0 saturated carbocycles. The Kier molecular flexibility index (Phi) is 3.71. The van der Waals surface area contributed by atoms with Crippen molar-refractivity contribution < 1.29 is 19.7 Å². The van der Waals surface area contributed by atoms with E-state index in [4.69, 9.17) is 9.84 Å². The van der Waals surface area contributed by atoms with E-state index in [0.717, 1.165) is 5.56 Å². The lowest BCUT2D eigenvalue weighted by Gasteiger charge is -2.10. The number of hydrogen-bond donors (Lipinski definition) is 2. The van der Waals surface area contributed by atoms with Crippen LogP contribution in [0.5, 0.6) is 11.5 Å². The molecular weight excluding hydrogens is 244 g/mol. The largest absolute Gasteiger partial charge is 0.504 e. The summed E-state index contributed by atoms with van der Waals surface area (Å²) in [5.74, 6) is -0.620. The van der Waals surface area contributed by atoms with E-state index in [-0.39, 0.29) is 17.9 Å². The minimum Gasteiger partial charge on any atom is -0.504 e. The standard InChI is InChI=1S/C15H14O4/c1-10-6-7-11(12(8-10)15(17)18)9-19-14-5-3-2-4-13(14)16/h2-8,16H,9H2,1H3,(H,17,18). The van der Waals surface area contributed by atoms with Crippen molar-refractivity contribution in [1.82, 2.24) is 0 Å². The normalized spacial score (nSPS) is 10.2. The minimum atomic E-state index is -0.986. The van der Waals surface area contributed by atoms with E-state index in [1.54, 1.807) is 30.3 Å². The zero-order valence-corrected chi connectivity index (χ0v) is 10.5. The van der Waals surface area contributed by atoms with E-state index >= 15 is 0 Å². The zero-order chi connectivity index (χ0) is 13.8. The van der Waals surface area contributed by atoms with Crippen LogP contribution in [0, 0.1) is 6.92 Å². The summed E-state index contributed by atoms with van der Waals surface area (Å²) in [5.41, 5.74) is 1.67. The van der Waals surface area contributed by atoms with Crippen LogP contribution in [0.25, 0.3) is 0 Å². The Morgan fingerprint density at radius 3 is 2.63 bits per heavy atom. The van der Waals surface area contributed by atoms with Crippen molar-refractivity contribution in [2.45, 2.75) is 13.5 Å². The summed E-state index contributed by atoms with van der Waals surface area (Å²) in [5, 5.41) is 18.7. The highest BCUT2D eigenvalue weighted by atomic mass is 16.5. The van der Waals surface area contributed by atoms with Crippen LogP contribution in [0.2, 0.25) is 0 Å². The highest BCUT2D eigenvalue weighted by molar-refractivity contribution is 5.89. The summed E-state index contributed by atoms with van der Waals surface area (Å²) in [6.45, 7) is 1.93. The molecule has 0 amide bonds. The van der Waals surface area contributed by atoms with Gasteiger partial charge in [0.1, 0.15) is 6.61 Å². The average Bonchev–Trinajstić information content (AvgIpc) is 2.38. The Morgan fingerprint density at radius 2 is 1.95 bits per heavy atom. The van der Waals surface area contributed by atoms with Crippen molar-refractivity contribution in [2.75, 3.05) is 0 Å². The van der Waals surface area contributed by atoms with Crippen LogP contribution in [0.3, 0.4) is 0 Å². The summed E-state index contributed by atoms with van der Waals surface area (Å²) in [6, 6.07) is 11.7. The van der Waals surface area contributed by atoms with Crippen molar-refractivity contribution >= 4 is 5.97 Å². The summed E-state index contributed by atoms with van der Waals surface area (Å²) in [7, 11) is 0. The minimum absolute atomic E-state index is 0.0338. The first-order valence-electron chi connectivity index (χ1n) is 5.81. The van der Waals surface area contributed by atoms with Gasteiger partial charge in [-0.25, -0.2) is 4.79 Å². The number of hydrogen-bond acceptors (Lipinski definition) is 3. The number of carbonyl (C=O) groups is 1. The van der Waals surface area contributed by atoms with Crippen molar-refractivity contribution in [3.05, 3.63) is 59.2 Å². The monoisotopic (exact) mass is 258 g/mol. The fourth-order valence-corrected chi connectivity index (χ4v) is 1.75. The van der Waals surface area contributed by atoms with Gasteiger partial charge in [-0.2, -0.15) is 0 Å². The van der Waals surface area contributed by atoms with Gasteiger partial charge in [0.15, 0.2) is 11.5 Å². The molecular formula is C15H14O4. The molecule has 0 bridgehead atoms. The van der Waals surface area contributed by atoms with Gasteiger partial charge >= 0.3 is 5.97 Å². The van der Waals surface area contributed by atoms with E-state index in [1.807, 2.05) is 13.0 Å². The average molecular weight is 258 g/mol. The molecule has 19 heavy (non-hydrogen) atoms. The van der Waals surface area contributed by atoms with Crippen LogP contribution in [0.4, 0.5) is 0 Å². The van der Waals surface area contributed by atoms with Gasteiger partial charge in [0.2, 0.25) is 0 Å². The molecule has 0 fully saturated rings. The van der Waals surface area contributed by atoms with E-state index < -0.39 is 5.97 Å². The zero-order valence-electron chi connectivity index (χ0n) is 10.5. The number of para-hydroxylation sites is 2. The smallest absolute Gasteiger partial charge is 0.336 e. The van der Waals surface area contributed by atoms with E-state index in [9.17, 15) is 9.90 Å². The van der Waals surface area contributed by atoms with Gasteiger partial charge in [0.05, 0.1) is 5.56 Å². The van der Waals surface area contributed by atoms with E-state index in [1.165, 1.54) is 6.07 Å². The molecule has 4 heteroatoms. The predicted octanol–water partition coefficient (Wildman–Crippen LogP) is 2.98. The summed E-state index contributed by atoms with van der Waals surface area (Å²) in [4.78, 5) is 11.1. The molecule has 0 radical (unpaired) electrons. The summed E-state index contributed by atoms with van der Waals surface area (Å²) < 4.78 is 5.44. The number of carboxylic acids is 1. The number of phenols is 1. The first-order chi connectivity index (χ1) is 9.08. The Morgan fingerprint density at radius 1 is 1.21 bits per heavy atom. The number of aromatic hydroxyl groups is 1. The van der Waals surface area contributed by atoms with Crippen LogP contribution in [0.1, 0.15) is 21.5 Å². The maximum atomic E-state index is 11.1. The van der Waals surface area contributed by atoms with Gasteiger partial charge in [-0.1, -0.05) is 29.8 Å². The molecule has 0 aromatic heterocycles. The van der Waals surface area contributed by atoms with Crippen molar-refractivity contribution in [1.29, 1.82) is 0 Å². The lowest BCUT2D eigenvalue weighted by Crippen LogP contribution is -2.06. The Bertz CT molecular complexity index is 605. The van der Waals surface area contributed by atoms with Crippen LogP contribution in [-0.4, -0.2) is 16.2 Å². The molecule has 2 aromatic rings. The molecule has 0 saturated heterocycles. The molecule has 2 aromatic carbocycles. The molecule has 0 aliphatic carbocycles. The third-order valence-corrected chi connectivity index (χ3v) is 2.74. The highest BCUT2D eigenvalue weighted by Gasteiger charge is 2.11. The lowest BCUT2D eigenvalue weighted by atomic mass is 10.1. The molecule has 0 spiro atoms. The first kappa shape index (κ1) is 13.0. The number of aromatic carboxylic acids is 1. The maximum absolute atomic E-state index is 11.1. The number of benzene rings is 2. The molecule has 2 N–H and O–H groups in total. The molecule has 0 atom stereocenters. The van der Waals surface area contributed by atoms with E-state index in [2.05, 4.69) is 0 Å². The van der Waals surface area contributed by atoms with Gasteiger partial charge in [-0.3, -0.25) is 0 Å². The maximum Gasteiger partial charge on any atom is 0.336 e. The third-order valence-electron chi connectivity index (χ3n) is 2.74. The predicted molar refractivity (Wildman–Crippen MR) is 70.6 cm³/mol. The molecule has 0 unspecified atom stereocenters. The quantitative estimate of drug-likeness (QED) is 0.884. The van der Waals surface area contributed by atoms with Gasteiger partial charge in [0, 0.05) is 5.56 Å². The Labute approximate surface area is 110 Å². The second kappa shape index (κ2) is 5.44. The molecule has 2 rings (SSSR count). The second-order valence-electron chi connectivity index (χ2n) is 4.22. The van der Waals surface area contributed by atoms with Crippen LogP contribution < -0.4 is 4.74 Å². The molecule has 0 heterocycles. The van der Waals surface area contributed by atoms with Gasteiger partial charge in [-0.05, 0) is 25.1 Å². The number of phenolic OH excluding ortho intramolecular Hbond substituents is 1. The molecule has 0 aliphatic heterocycles. The van der Waals surface area contributed by atoms with Crippen molar-refractivity contribution in [3.8, 4) is 11.5 Å². The third kappa shape index (κ3) is 3.04.